The number of thioether (sulfide) groups is 1. The van der Waals surface area contributed by atoms with Crippen LogP contribution < -0.4 is 0 Å². The van der Waals surface area contributed by atoms with E-state index in [4.69, 9.17) is 0 Å². The molecule has 100 valence electrons. The van der Waals surface area contributed by atoms with Crippen LogP contribution in [0.5, 0.6) is 0 Å². The first-order valence-electron chi connectivity index (χ1n) is 6.06. The van der Waals surface area contributed by atoms with Gasteiger partial charge in [0.1, 0.15) is 0 Å². The molecule has 0 amide bonds. The molecule has 0 spiro atoms. The first-order valence-corrected chi connectivity index (χ1v) is 7.29. The Hall–Kier alpha value is -0.840. The molecule has 0 heterocycles. The van der Waals surface area contributed by atoms with E-state index in [1.807, 2.05) is 42.5 Å². The van der Waals surface area contributed by atoms with E-state index in [2.05, 4.69) is 0 Å². The fourth-order valence-corrected chi connectivity index (χ4v) is 2.01. The molecule has 0 fully saturated rings. The van der Waals surface area contributed by atoms with Gasteiger partial charge >= 0.3 is 0 Å². The minimum absolute atomic E-state index is 0.121. The molecule has 0 bridgehead atoms. The highest BCUT2D eigenvalue weighted by Gasteiger charge is 2.09. The average molecular weight is 267 g/mol. The third-order valence-electron chi connectivity index (χ3n) is 2.75. The molecule has 1 unspecified atom stereocenters. The molecule has 1 N–H and O–H groups in total. The summed E-state index contributed by atoms with van der Waals surface area (Å²) in [5.74, 6) is 0.121. The molecule has 0 aliphatic heterocycles. The quantitative estimate of drug-likeness (QED) is 0.608. The monoisotopic (exact) mass is 267 g/mol. The van der Waals surface area contributed by atoms with Crippen molar-refractivity contribution in [2.75, 3.05) is 26.4 Å². The Labute approximate surface area is 113 Å². The number of Topliss-reactive ketones (excluding diaryl/α,β-unsaturated/α-hetero) is 1. The van der Waals surface area contributed by atoms with Gasteiger partial charge in [-0.25, -0.2) is 0 Å². The van der Waals surface area contributed by atoms with Crippen molar-refractivity contribution in [3.63, 3.8) is 0 Å². The molecule has 1 aromatic carbocycles. The topological polar surface area (TPSA) is 40.5 Å². The van der Waals surface area contributed by atoms with Gasteiger partial charge in [-0.3, -0.25) is 9.69 Å². The van der Waals surface area contributed by atoms with E-state index in [9.17, 15) is 9.90 Å². The second-order valence-corrected chi connectivity index (χ2v) is 5.41. The first-order chi connectivity index (χ1) is 8.52. The third-order valence-corrected chi connectivity index (χ3v) is 3.50. The van der Waals surface area contributed by atoms with Crippen molar-refractivity contribution in [1.82, 2.24) is 4.90 Å². The fraction of sp³-hybridized carbons (Fsp3) is 0.500. The standard InChI is InChI=1S/C14H21NO2S/c1-11(16)8-9-15(2)10-14(17)12-4-6-13(18-3)7-5-12/h4-7,11,16H,8-10H2,1-3H3. The Morgan fingerprint density at radius 3 is 2.50 bits per heavy atom. The van der Waals surface area contributed by atoms with E-state index < -0.39 is 0 Å². The van der Waals surface area contributed by atoms with Crippen molar-refractivity contribution in [2.45, 2.75) is 24.3 Å². The van der Waals surface area contributed by atoms with Gasteiger partial charge in [0.2, 0.25) is 0 Å². The van der Waals surface area contributed by atoms with E-state index in [0.29, 0.717) is 13.0 Å². The largest absolute Gasteiger partial charge is 0.393 e. The van der Waals surface area contributed by atoms with Crippen molar-refractivity contribution in [3.8, 4) is 0 Å². The predicted octanol–water partition coefficient (Wildman–Crippen LogP) is 2.29. The Bertz CT molecular complexity index is 376. The van der Waals surface area contributed by atoms with E-state index >= 15 is 0 Å². The zero-order valence-electron chi connectivity index (χ0n) is 11.2. The molecule has 1 rings (SSSR count). The molecule has 0 saturated carbocycles. The average Bonchev–Trinajstić information content (AvgIpc) is 2.36. The predicted molar refractivity (Wildman–Crippen MR) is 76.3 cm³/mol. The van der Waals surface area contributed by atoms with Crippen molar-refractivity contribution in [2.24, 2.45) is 0 Å². The summed E-state index contributed by atoms with van der Waals surface area (Å²) in [5, 5.41) is 9.20. The van der Waals surface area contributed by atoms with E-state index in [1.54, 1.807) is 18.7 Å². The number of aliphatic hydroxyl groups is 1. The number of hydrogen-bond acceptors (Lipinski definition) is 4. The SMILES string of the molecule is CSc1ccc(C(=O)CN(C)CCC(C)O)cc1. The van der Waals surface area contributed by atoms with Gasteiger partial charge in [-0.05, 0) is 38.8 Å². The van der Waals surface area contributed by atoms with Crippen LogP contribution in [0.4, 0.5) is 0 Å². The maximum absolute atomic E-state index is 12.0. The highest BCUT2D eigenvalue weighted by Crippen LogP contribution is 2.15. The normalized spacial score (nSPS) is 12.7. The summed E-state index contributed by atoms with van der Waals surface area (Å²) in [6.07, 6.45) is 2.39. The molecule has 1 aromatic rings. The van der Waals surface area contributed by atoms with Gasteiger partial charge in [0.25, 0.3) is 0 Å². The van der Waals surface area contributed by atoms with Gasteiger partial charge < -0.3 is 5.11 Å². The summed E-state index contributed by atoms with van der Waals surface area (Å²) in [7, 11) is 1.90. The lowest BCUT2D eigenvalue weighted by molar-refractivity contribution is 0.0931. The minimum atomic E-state index is -0.316. The van der Waals surface area contributed by atoms with Crippen LogP contribution in [-0.4, -0.2) is 48.3 Å². The summed E-state index contributed by atoms with van der Waals surface area (Å²) in [4.78, 5) is 15.1. The molecular formula is C14H21NO2S. The van der Waals surface area contributed by atoms with Gasteiger partial charge in [-0.2, -0.15) is 0 Å². The second kappa shape index (κ2) is 7.56. The van der Waals surface area contributed by atoms with Crippen molar-refractivity contribution >= 4 is 17.5 Å². The number of carbonyl (C=O) groups excluding carboxylic acids is 1. The van der Waals surface area contributed by atoms with Crippen LogP contribution in [0, 0.1) is 0 Å². The van der Waals surface area contributed by atoms with E-state index in [0.717, 1.165) is 17.0 Å². The van der Waals surface area contributed by atoms with Gasteiger partial charge in [-0.15, -0.1) is 11.8 Å². The zero-order chi connectivity index (χ0) is 13.5. The number of benzene rings is 1. The highest BCUT2D eigenvalue weighted by atomic mass is 32.2. The molecule has 0 saturated heterocycles. The number of nitrogens with zero attached hydrogens (tertiary/aromatic N) is 1. The van der Waals surface area contributed by atoms with Gasteiger partial charge in [-0.1, -0.05) is 12.1 Å². The van der Waals surface area contributed by atoms with Gasteiger partial charge in [0.15, 0.2) is 5.78 Å². The summed E-state index contributed by atoms with van der Waals surface area (Å²) in [5.41, 5.74) is 0.747. The lowest BCUT2D eigenvalue weighted by Crippen LogP contribution is -2.28. The molecule has 1 atom stereocenters. The Kier molecular flexibility index (Phi) is 6.39. The van der Waals surface area contributed by atoms with E-state index in [-0.39, 0.29) is 11.9 Å². The van der Waals surface area contributed by atoms with Crippen LogP contribution in [0.3, 0.4) is 0 Å². The maximum Gasteiger partial charge on any atom is 0.176 e. The summed E-state index contributed by atoms with van der Waals surface area (Å²) in [6.45, 7) is 2.88. The zero-order valence-corrected chi connectivity index (χ0v) is 12.0. The van der Waals surface area contributed by atoms with Crippen LogP contribution >= 0.6 is 11.8 Å². The van der Waals surface area contributed by atoms with Gasteiger partial charge in [0.05, 0.1) is 12.6 Å². The van der Waals surface area contributed by atoms with Gasteiger partial charge in [0, 0.05) is 17.0 Å². The molecule has 0 aliphatic rings. The second-order valence-electron chi connectivity index (χ2n) is 4.53. The summed E-state index contributed by atoms with van der Waals surface area (Å²) in [6, 6.07) is 7.68. The van der Waals surface area contributed by atoms with E-state index in [1.165, 1.54) is 0 Å². The summed E-state index contributed by atoms with van der Waals surface area (Å²) >= 11 is 1.66. The lowest BCUT2D eigenvalue weighted by Gasteiger charge is -2.16. The minimum Gasteiger partial charge on any atom is -0.393 e. The Balaban J connectivity index is 2.48. The molecule has 0 radical (unpaired) electrons. The first kappa shape index (κ1) is 15.2. The number of likely N-dealkylation sites (N-methyl/N-ethyl adjacent to an activating group) is 1. The molecule has 0 aromatic heterocycles. The number of carbonyl (C=O) groups is 1. The van der Waals surface area contributed by atoms with Crippen LogP contribution in [-0.2, 0) is 0 Å². The molecule has 4 heteroatoms. The number of rotatable bonds is 7. The third kappa shape index (κ3) is 5.21. The van der Waals surface area contributed by atoms with Crippen molar-refractivity contribution in [1.29, 1.82) is 0 Å². The Morgan fingerprint density at radius 2 is 2.00 bits per heavy atom. The maximum atomic E-state index is 12.0. The molecule has 18 heavy (non-hydrogen) atoms. The number of ketones is 1. The Morgan fingerprint density at radius 1 is 1.39 bits per heavy atom. The highest BCUT2D eigenvalue weighted by molar-refractivity contribution is 7.98. The van der Waals surface area contributed by atoms with Crippen LogP contribution in [0.1, 0.15) is 23.7 Å². The molecule has 0 aliphatic carbocycles. The summed E-state index contributed by atoms with van der Waals surface area (Å²) < 4.78 is 0. The van der Waals surface area contributed by atoms with Crippen molar-refractivity contribution < 1.29 is 9.90 Å². The smallest absolute Gasteiger partial charge is 0.176 e. The van der Waals surface area contributed by atoms with Crippen molar-refractivity contribution in [3.05, 3.63) is 29.8 Å². The van der Waals surface area contributed by atoms with Crippen LogP contribution in [0.15, 0.2) is 29.2 Å². The molecular weight excluding hydrogens is 246 g/mol. The fourth-order valence-electron chi connectivity index (χ4n) is 1.60. The lowest BCUT2D eigenvalue weighted by atomic mass is 10.1. The van der Waals surface area contributed by atoms with Crippen LogP contribution in [0.25, 0.3) is 0 Å². The number of aliphatic hydroxyl groups excluding tert-OH is 1. The van der Waals surface area contributed by atoms with Crippen LogP contribution in [0.2, 0.25) is 0 Å². The number of hydrogen-bond donors (Lipinski definition) is 1. The molecule has 3 nitrogen and oxygen atoms in total.